The molecule has 1 amide bonds. The SMILES string of the molecule is Cc1cc(C)c(C(N)=O)c(Nc2ccc(Cl)cc2)n1. The van der Waals surface area contributed by atoms with E-state index in [0.717, 1.165) is 16.9 Å². The highest BCUT2D eigenvalue weighted by Crippen LogP contribution is 2.23. The molecule has 98 valence electrons. The summed E-state index contributed by atoms with van der Waals surface area (Å²) in [7, 11) is 0. The summed E-state index contributed by atoms with van der Waals surface area (Å²) in [6, 6.07) is 8.97. The Morgan fingerprint density at radius 3 is 2.47 bits per heavy atom. The van der Waals surface area contributed by atoms with E-state index in [1.54, 1.807) is 12.1 Å². The van der Waals surface area contributed by atoms with Crippen molar-refractivity contribution in [3.05, 3.63) is 52.2 Å². The number of halogens is 1. The Hall–Kier alpha value is -2.07. The van der Waals surface area contributed by atoms with Crippen molar-refractivity contribution in [3.8, 4) is 0 Å². The van der Waals surface area contributed by atoms with Crippen molar-refractivity contribution in [1.82, 2.24) is 4.98 Å². The largest absolute Gasteiger partial charge is 0.365 e. The molecule has 2 rings (SSSR count). The first-order valence-electron chi connectivity index (χ1n) is 5.78. The first-order valence-corrected chi connectivity index (χ1v) is 6.16. The van der Waals surface area contributed by atoms with Crippen LogP contribution in [0, 0.1) is 13.8 Å². The molecule has 0 saturated heterocycles. The van der Waals surface area contributed by atoms with Gasteiger partial charge >= 0.3 is 0 Å². The second kappa shape index (κ2) is 5.28. The van der Waals surface area contributed by atoms with Gasteiger partial charge in [0.2, 0.25) is 0 Å². The number of anilines is 2. The molecule has 1 aromatic heterocycles. The number of primary amides is 1. The maximum Gasteiger partial charge on any atom is 0.252 e. The van der Waals surface area contributed by atoms with Gasteiger partial charge < -0.3 is 11.1 Å². The first-order chi connectivity index (χ1) is 8.97. The van der Waals surface area contributed by atoms with Crippen LogP contribution in [0.15, 0.2) is 30.3 Å². The fourth-order valence-electron chi connectivity index (χ4n) is 1.91. The summed E-state index contributed by atoms with van der Waals surface area (Å²) in [6.07, 6.45) is 0. The predicted octanol–water partition coefficient (Wildman–Crippen LogP) is 3.19. The van der Waals surface area contributed by atoms with Crippen LogP contribution in [-0.2, 0) is 0 Å². The highest BCUT2D eigenvalue weighted by molar-refractivity contribution is 6.30. The van der Waals surface area contributed by atoms with Crippen LogP contribution in [-0.4, -0.2) is 10.9 Å². The van der Waals surface area contributed by atoms with Gasteiger partial charge in [0.15, 0.2) is 0 Å². The normalized spacial score (nSPS) is 10.3. The third-order valence-electron chi connectivity index (χ3n) is 2.70. The number of hydrogen-bond donors (Lipinski definition) is 2. The Bertz CT molecular complexity index is 623. The Kier molecular flexibility index (Phi) is 3.71. The number of benzene rings is 1. The molecule has 4 nitrogen and oxygen atoms in total. The molecule has 0 saturated carbocycles. The summed E-state index contributed by atoms with van der Waals surface area (Å²) in [5, 5.41) is 3.74. The summed E-state index contributed by atoms with van der Waals surface area (Å²) in [6.45, 7) is 3.70. The number of rotatable bonds is 3. The fraction of sp³-hybridized carbons (Fsp3) is 0.143. The van der Waals surface area contributed by atoms with Crippen molar-refractivity contribution in [2.45, 2.75) is 13.8 Å². The summed E-state index contributed by atoms with van der Waals surface area (Å²) in [5.41, 5.74) is 8.22. The molecular formula is C14H14ClN3O. The quantitative estimate of drug-likeness (QED) is 0.904. The predicted molar refractivity (Wildman–Crippen MR) is 77.0 cm³/mol. The second-order valence-corrected chi connectivity index (χ2v) is 4.74. The van der Waals surface area contributed by atoms with E-state index in [1.807, 2.05) is 32.0 Å². The van der Waals surface area contributed by atoms with Gasteiger partial charge in [0, 0.05) is 16.4 Å². The Labute approximate surface area is 116 Å². The topological polar surface area (TPSA) is 68.0 Å². The summed E-state index contributed by atoms with van der Waals surface area (Å²) < 4.78 is 0. The Morgan fingerprint density at radius 2 is 1.89 bits per heavy atom. The van der Waals surface area contributed by atoms with E-state index in [2.05, 4.69) is 10.3 Å². The van der Waals surface area contributed by atoms with Gasteiger partial charge in [-0.05, 0) is 49.7 Å². The number of carbonyl (C=O) groups excluding carboxylic acids is 1. The van der Waals surface area contributed by atoms with Gasteiger partial charge in [-0.2, -0.15) is 0 Å². The van der Waals surface area contributed by atoms with Gasteiger partial charge in [0.05, 0.1) is 5.56 Å². The lowest BCUT2D eigenvalue weighted by Gasteiger charge is -2.12. The molecule has 0 atom stereocenters. The van der Waals surface area contributed by atoms with E-state index in [0.29, 0.717) is 16.4 Å². The van der Waals surface area contributed by atoms with Crippen LogP contribution in [0.2, 0.25) is 5.02 Å². The molecule has 0 aliphatic carbocycles. The number of nitrogens with zero attached hydrogens (tertiary/aromatic N) is 1. The first kappa shape index (κ1) is 13.4. The third kappa shape index (κ3) is 3.03. The lowest BCUT2D eigenvalue weighted by Crippen LogP contribution is -2.16. The maximum absolute atomic E-state index is 11.5. The van der Waals surface area contributed by atoms with Gasteiger partial charge in [-0.15, -0.1) is 0 Å². The average molecular weight is 276 g/mol. The zero-order valence-corrected chi connectivity index (χ0v) is 11.5. The maximum atomic E-state index is 11.5. The minimum absolute atomic E-state index is 0.403. The molecule has 5 heteroatoms. The van der Waals surface area contributed by atoms with E-state index in [-0.39, 0.29) is 0 Å². The molecule has 0 aliphatic heterocycles. The number of hydrogen-bond acceptors (Lipinski definition) is 3. The van der Waals surface area contributed by atoms with Crippen molar-refractivity contribution in [2.75, 3.05) is 5.32 Å². The summed E-state index contributed by atoms with van der Waals surface area (Å²) in [4.78, 5) is 15.8. The van der Waals surface area contributed by atoms with Gasteiger partial charge in [0.1, 0.15) is 5.82 Å². The lowest BCUT2D eigenvalue weighted by atomic mass is 10.1. The lowest BCUT2D eigenvalue weighted by molar-refractivity contribution is 0.100. The molecular weight excluding hydrogens is 262 g/mol. The average Bonchev–Trinajstić information content (AvgIpc) is 2.30. The number of aryl methyl sites for hydroxylation is 2. The molecule has 1 aromatic carbocycles. The van der Waals surface area contributed by atoms with Crippen molar-refractivity contribution < 1.29 is 4.79 Å². The fourth-order valence-corrected chi connectivity index (χ4v) is 2.03. The summed E-state index contributed by atoms with van der Waals surface area (Å²) in [5.74, 6) is -0.0335. The zero-order chi connectivity index (χ0) is 14.0. The minimum Gasteiger partial charge on any atom is -0.365 e. The number of pyridine rings is 1. The van der Waals surface area contributed by atoms with Gasteiger partial charge in [-0.3, -0.25) is 4.79 Å². The van der Waals surface area contributed by atoms with Gasteiger partial charge in [-0.1, -0.05) is 11.6 Å². The molecule has 3 N–H and O–H groups in total. The van der Waals surface area contributed by atoms with Crippen LogP contribution in [0.5, 0.6) is 0 Å². The molecule has 19 heavy (non-hydrogen) atoms. The van der Waals surface area contributed by atoms with E-state index in [9.17, 15) is 4.79 Å². The van der Waals surface area contributed by atoms with E-state index in [4.69, 9.17) is 17.3 Å². The van der Waals surface area contributed by atoms with E-state index in [1.165, 1.54) is 0 Å². The number of aromatic nitrogens is 1. The molecule has 0 fully saturated rings. The highest BCUT2D eigenvalue weighted by Gasteiger charge is 2.14. The van der Waals surface area contributed by atoms with E-state index >= 15 is 0 Å². The molecule has 1 heterocycles. The summed E-state index contributed by atoms with van der Waals surface area (Å²) >= 11 is 5.83. The van der Waals surface area contributed by atoms with Crippen LogP contribution in [0.3, 0.4) is 0 Å². The van der Waals surface area contributed by atoms with Crippen molar-refractivity contribution in [1.29, 1.82) is 0 Å². The number of amides is 1. The molecule has 0 bridgehead atoms. The zero-order valence-electron chi connectivity index (χ0n) is 10.7. The highest BCUT2D eigenvalue weighted by atomic mass is 35.5. The monoisotopic (exact) mass is 275 g/mol. The van der Waals surface area contributed by atoms with Crippen LogP contribution in [0.25, 0.3) is 0 Å². The van der Waals surface area contributed by atoms with Crippen LogP contribution < -0.4 is 11.1 Å². The third-order valence-corrected chi connectivity index (χ3v) is 2.95. The second-order valence-electron chi connectivity index (χ2n) is 4.30. The van der Waals surface area contributed by atoms with Crippen LogP contribution in [0.4, 0.5) is 11.5 Å². The Balaban J connectivity index is 2.44. The van der Waals surface area contributed by atoms with Crippen molar-refractivity contribution in [3.63, 3.8) is 0 Å². The molecule has 2 aromatic rings. The molecule has 0 spiro atoms. The Morgan fingerprint density at radius 1 is 1.26 bits per heavy atom. The number of nitrogens with two attached hydrogens (primary N) is 1. The molecule has 0 unspecified atom stereocenters. The standard InChI is InChI=1S/C14H14ClN3O/c1-8-7-9(2)17-14(12(8)13(16)19)18-11-5-3-10(15)4-6-11/h3-7H,1-2H3,(H2,16,19)(H,17,18). The number of nitrogens with one attached hydrogen (secondary N) is 1. The molecule has 0 aliphatic rings. The molecule has 0 radical (unpaired) electrons. The number of carbonyl (C=O) groups is 1. The van der Waals surface area contributed by atoms with E-state index < -0.39 is 5.91 Å². The van der Waals surface area contributed by atoms with Gasteiger partial charge in [-0.25, -0.2) is 4.98 Å². The van der Waals surface area contributed by atoms with Gasteiger partial charge in [0.25, 0.3) is 5.91 Å². The van der Waals surface area contributed by atoms with Crippen molar-refractivity contribution in [2.24, 2.45) is 5.73 Å². The minimum atomic E-state index is -0.499. The van der Waals surface area contributed by atoms with Crippen LogP contribution in [0.1, 0.15) is 21.6 Å². The van der Waals surface area contributed by atoms with Crippen molar-refractivity contribution >= 4 is 29.0 Å². The van der Waals surface area contributed by atoms with Crippen LogP contribution >= 0.6 is 11.6 Å². The smallest absolute Gasteiger partial charge is 0.252 e.